The van der Waals surface area contributed by atoms with Crippen molar-refractivity contribution < 1.29 is 19.4 Å². The van der Waals surface area contributed by atoms with Gasteiger partial charge in [0.05, 0.1) is 26.5 Å². The van der Waals surface area contributed by atoms with Crippen LogP contribution >= 0.6 is 0 Å². The zero-order valence-electron chi connectivity index (χ0n) is 19.0. The van der Waals surface area contributed by atoms with Crippen LogP contribution in [0, 0.1) is 6.92 Å². The average molecular weight is 417 g/mol. The summed E-state index contributed by atoms with van der Waals surface area (Å²) in [6, 6.07) is 7.91. The number of aliphatic hydroxyl groups excluding tert-OH is 1. The molecule has 166 valence electrons. The first-order valence-corrected chi connectivity index (χ1v) is 10.5. The highest BCUT2D eigenvalue weighted by molar-refractivity contribution is 5.95. The number of carbonyl (C=O) groups excluding carboxylic acids is 1. The summed E-state index contributed by atoms with van der Waals surface area (Å²) in [7, 11) is 5.20. The highest BCUT2D eigenvalue weighted by Gasteiger charge is 2.20. The van der Waals surface area contributed by atoms with Crippen LogP contribution in [-0.4, -0.2) is 41.8 Å². The van der Waals surface area contributed by atoms with Gasteiger partial charge in [-0.3, -0.25) is 4.79 Å². The minimum atomic E-state index is -0.606. The molecule has 1 heterocycles. The van der Waals surface area contributed by atoms with Crippen molar-refractivity contribution in [2.75, 3.05) is 20.8 Å². The molecule has 0 amide bonds. The molecular weight excluding hydrogens is 380 g/mol. The molecule has 0 bridgehead atoms. The molecule has 2 aromatic rings. The number of ketones is 1. The zero-order chi connectivity index (χ0) is 22.3. The maximum Gasteiger partial charge on any atom is 0.179 e. The largest absolute Gasteiger partial charge is 0.493 e. The predicted octanol–water partition coefficient (Wildman–Crippen LogP) is 3.59. The Morgan fingerprint density at radius 3 is 2.47 bits per heavy atom. The summed E-state index contributed by atoms with van der Waals surface area (Å²) in [5.41, 5.74) is 9.57. The Kier molecular flexibility index (Phi) is 8.50. The van der Waals surface area contributed by atoms with Gasteiger partial charge < -0.3 is 24.9 Å². The van der Waals surface area contributed by atoms with Crippen molar-refractivity contribution in [2.24, 2.45) is 12.8 Å². The number of hydrogen-bond acceptors (Lipinski definition) is 5. The molecule has 0 aliphatic rings. The van der Waals surface area contributed by atoms with Crippen molar-refractivity contribution in [1.82, 2.24) is 4.57 Å². The molecule has 3 N–H and O–H groups in total. The van der Waals surface area contributed by atoms with Gasteiger partial charge in [-0.1, -0.05) is 6.07 Å². The van der Waals surface area contributed by atoms with Crippen molar-refractivity contribution in [2.45, 2.75) is 57.9 Å². The minimum Gasteiger partial charge on any atom is -0.493 e. The van der Waals surface area contributed by atoms with E-state index in [-0.39, 0.29) is 12.4 Å². The number of nitrogens with zero attached hydrogens (tertiary/aromatic N) is 1. The average Bonchev–Trinajstić information content (AvgIpc) is 3.02. The molecule has 0 spiro atoms. The summed E-state index contributed by atoms with van der Waals surface area (Å²) >= 11 is 0. The SMILES string of the molecule is COc1ccc(CCCCC(=O)c2cc(C)c(CCC(C)(N)CO)n2C)cc1OC. The molecule has 6 heteroatoms. The van der Waals surface area contributed by atoms with Gasteiger partial charge in [0.1, 0.15) is 0 Å². The monoisotopic (exact) mass is 416 g/mol. The molecule has 0 saturated heterocycles. The number of methoxy groups -OCH3 is 2. The van der Waals surface area contributed by atoms with E-state index in [0.717, 1.165) is 54.1 Å². The number of benzene rings is 1. The van der Waals surface area contributed by atoms with E-state index in [9.17, 15) is 9.90 Å². The minimum absolute atomic E-state index is 0.0532. The molecular formula is C24H36N2O4. The van der Waals surface area contributed by atoms with Crippen LogP contribution in [-0.2, 0) is 19.9 Å². The molecule has 1 unspecified atom stereocenters. The summed E-state index contributed by atoms with van der Waals surface area (Å²) in [4.78, 5) is 12.8. The summed E-state index contributed by atoms with van der Waals surface area (Å²) < 4.78 is 12.6. The van der Waals surface area contributed by atoms with Gasteiger partial charge in [0, 0.05) is 24.7 Å². The number of aliphatic hydroxyl groups is 1. The number of ether oxygens (including phenoxy) is 2. The Bertz CT molecular complexity index is 855. The van der Waals surface area contributed by atoms with Gasteiger partial charge in [0.25, 0.3) is 0 Å². The fraction of sp³-hybridized carbons (Fsp3) is 0.542. The number of unbranched alkanes of at least 4 members (excludes halogenated alkanes) is 1. The van der Waals surface area contributed by atoms with Crippen LogP contribution in [0.3, 0.4) is 0 Å². The van der Waals surface area contributed by atoms with Gasteiger partial charge in [0.15, 0.2) is 17.3 Å². The van der Waals surface area contributed by atoms with Crippen molar-refractivity contribution in [3.8, 4) is 11.5 Å². The standard InChI is InChI=1S/C24H36N2O4/c1-17-14-20(26(3)19(17)12-13-24(2,25)16-27)21(28)9-7-6-8-18-10-11-22(29-4)23(15-18)30-5/h10-11,14-15,27H,6-9,12-13,16,25H2,1-5H3. The van der Waals surface area contributed by atoms with Crippen LogP contribution in [0.4, 0.5) is 0 Å². The first kappa shape index (κ1) is 24.0. The molecule has 30 heavy (non-hydrogen) atoms. The Morgan fingerprint density at radius 2 is 1.83 bits per heavy atom. The topological polar surface area (TPSA) is 86.7 Å². The molecule has 0 radical (unpaired) electrons. The first-order valence-electron chi connectivity index (χ1n) is 10.5. The molecule has 1 aromatic heterocycles. The third-order valence-electron chi connectivity index (χ3n) is 5.72. The summed E-state index contributed by atoms with van der Waals surface area (Å²) in [5, 5.41) is 9.36. The summed E-state index contributed by atoms with van der Waals surface area (Å²) in [6.45, 7) is 3.81. The van der Waals surface area contributed by atoms with E-state index < -0.39 is 5.54 Å². The maximum atomic E-state index is 12.8. The number of aromatic nitrogens is 1. The van der Waals surface area contributed by atoms with Gasteiger partial charge >= 0.3 is 0 Å². The highest BCUT2D eigenvalue weighted by Crippen LogP contribution is 2.28. The van der Waals surface area contributed by atoms with Gasteiger partial charge in [-0.15, -0.1) is 0 Å². The number of Topliss-reactive ketones (excluding diaryl/α,β-unsaturated/α-hetero) is 1. The fourth-order valence-electron chi connectivity index (χ4n) is 3.69. The van der Waals surface area contributed by atoms with Crippen molar-refractivity contribution in [3.05, 3.63) is 46.8 Å². The second kappa shape index (κ2) is 10.6. The lowest BCUT2D eigenvalue weighted by atomic mass is 9.96. The molecule has 6 nitrogen and oxygen atoms in total. The van der Waals surface area contributed by atoms with Crippen LogP contribution < -0.4 is 15.2 Å². The maximum absolute atomic E-state index is 12.8. The number of rotatable bonds is 12. The van der Waals surface area contributed by atoms with Crippen molar-refractivity contribution in [3.63, 3.8) is 0 Å². The smallest absolute Gasteiger partial charge is 0.179 e. The highest BCUT2D eigenvalue weighted by atomic mass is 16.5. The number of carbonyl (C=O) groups is 1. The van der Waals surface area contributed by atoms with E-state index in [4.69, 9.17) is 15.2 Å². The quantitative estimate of drug-likeness (QED) is 0.408. The predicted molar refractivity (Wildman–Crippen MR) is 120 cm³/mol. The van der Waals surface area contributed by atoms with Crippen LogP contribution in [0.25, 0.3) is 0 Å². The van der Waals surface area contributed by atoms with E-state index in [1.165, 1.54) is 5.56 Å². The van der Waals surface area contributed by atoms with Crippen molar-refractivity contribution in [1.29, 1.82) is 0 Å². The molecule has 0 aliphatic heterocycles. The summed E-state index contributed by atoms with van der Waals surface area (Å²) in [5.74, 6) is 1.62. The number of hydrogen-bond donors (Lipinski definition) is 2. The van der Waals surface area contributed by atoms with E-state index in [0.29, 0.717) is 12.8 Å². The molecule has 1 aromatic carbocycles. The van der Waals surface area contributed by atoms with Crippen molar-refractivity contribution >= 4 is 5.78 Å². The van der Waals surface area contributed by atoms with Crippen LogP contribution in [0.1, 0.15) is 59.9 Å². The van der Waals surface area contributed by atoms with Gasteiger partial charge in [-0.05, 0) is 75.3 Å². The lowest BCUT2D eigenvalue weighted by molar-refractivity contribution is 0.0971. The molecule has 0 aliphatic carbocycles. The summed E-state index contributed by atoms with van der Waals surface area (Å²) in [6.07, 6.45) is 4.58. The van der Waals surface area contributed by atoms with Gasteiger partial charge in [-0.25, -0.2) is 0 Å². The normalized spacial score (nSPS) is 13.2. The zero-order valence-corrected chi connectivity index (χ0v) is 19.0. The van der Waals surface area contributed by atoms with Crippen LogP contribution in [0.5, 0.6) is 11.5 Å². The lowest BCUT2D eigenvalue weighted by Crippen LogP contribution is -2.40. The Labute approximate surface area is 180 Å². The second-order valence-corrected chi connectivity index (χ2v) is 8.35. The number of aryl methyl sites for hydroxylation is 2. The van der Waals surface area contributed by atoms with Gasteiger partial charge in [0.2, 0.25) is 0 Å². The van der Waals surface area contributed by atoms with E-state index in [1.807, 2.05) is 49.7 Å². The van der Waals surface area contributed by atoms with E-state index >= 15 is 0 Å². The first-order chi connectivity index (χ1) is 14.2. The molecule has 0 saturated carbocycles. The molecule has 0 fully saturated rings. The third-order valence-corrected chi connectivity index (χ3v) is 5.72. The Morgan fingerprint density at radius 1 is 1.13 bits per heavy atom. The van der Waals surface area contributed by atoms with E-state index in [1.54, 1.807) is 14.2 Å². The van der Waals surface area contributed by atoms with Crippen LogP contribution in [0.15, 0.2) is 24.3 Å². The Hall–Kier alpha value is -2.31. The van der Waals surface area contributed by atoms with Crippen LogP contribution in [0.2, 0.25) is 0 Å². The second-order valence-electron chi connectivity index (χ2n) is 8.35. The Balaban J connectivity index is 1.90. The number of nitrogens with two attached hydrogens (primary N) is 1. The molecule has 1 atom stereocenters. The molecule has 2 rings (SSSR count). The lowest BCUT2D eigenvalue weighted by Gasteiger charge is -2.22. The third kappa shape index (κ3) is 6.09. The van der Waals surface area contributed by atoms with Gasteiger partial charge in [-0.2, -0.15) is 0 Å². The van der Waals surface area contributed by atoms with E-state index in [2.05, 4.69) is 0 Å². The fourth-order valence-corrected chi connectivity index (χ4v) is 3.69.